The molecular weight excluding hydrogens is 357 g/mol. The number of halogens is 2. The van der Waals surface area contributed by atoms with E-state index in [9.17, 15) is 9.18 Å². The summed E-state index contributed by atoms with van der Waals surface area (Å²) in [7, 11) is -0.646. The highest BCUT2D eigenvalue weighted by Crippen LogP contribution is 2.36. The molecule has 144 valence electrons. The molecule has 0 spiro atoms. The first-order valence-corrected chi connectivity index (χ1v) is 8.81. The van der Waals surface area contributed by atoms with Crippen LogP contribution >= 0.6 is 12.4 Å². The highest BCUT2D eigenvalue weighted by Gasteiger charge is 2.51. The molecule has 2 N–H and O–H groups in total. The van der Waals surface area contributed by atoms with E-state index in [1.807, 2.05) is 27.7 Å². The van der Waals surface area contributed by atoms with Crippen molar-refractivity contribution in [3.8, 4) is 0 Å². The quantitative estimate of drug-likeness (QED) is 0.793. The zero-order chi connectivity index (χ0) is 18.4. The Balaban J connectivity index is 0.00000243. The molecule has 3 rings (SSSR count). The number of piperidine rings is 1. The predicted octanol–water partition coefficient (Wildman–Crippen LogP) is 2.11. The Bertz CT molecular complexity index is 670. The van der Waals surface area contributed by atoms with Crippen LogP contribution in [0.2, 0.25) is 0 Å². The minimum atomic E-state index is -0.646. The maximum Gasteiger partial charge on any atom is 0.494 e. The molecule has 1 aromatic rings. The highest BCUT2D eigenvalue weighted by atomic mass is 35.5. The molecule has 8 heteroatoms. The van der Waals surface area contributed by atoms with E-state index < -0.39 is 24.1 Å². The molecule has 1 unspecified atom stereocenters. The second-order valence-corrected chi connectivity index (χ2v) is 7.98. The summed E-state index contributed by atoms with van der Waals surface area (Å²) >= 11 is 0. The number of rotatable bonds is 2. The molecule has 5 nitrogen and oxygen atoms in total. The van der Waals surface area contributed by atoms with Crippen LogP contribution < -0.4 is 11.2 Å². The molecule has 2 fully saturated rings. The normalized spacial score (nSPS) is 24.3. The van der Waals surface area contributed by atoms with Crippen molar-refractivity contribution < 1.29 is 18.5 Å². The summed E-state index contributed by atoms with van der Waals surface area (Å²) < 4.78 is 26.5. The van der Waals surface area contributed by atoms with E-state index in [-0.39, 0.29) is 29.9 Å². The van der Waals surface area contributed by atoms with Crippen molar-refractivity contribution in [2.24, 2.45) is 5.73 Å². The summed E-state index contributed by atoms with van der Waals surface area (Å²) in [6.45, 7) is 8.87. The van der Waals surface area contributed by atoms with Gasteiger partial charge >= 0.3 is 7.12 Å². The number of carbonyl (C=O) groups excluding carboxylic acids is 1. The Morgan fingerprint density at radius 1 is 1.27 bits per heavy atom. The zero-order valence-corrected chi connectivity index (χ0v) is 16.6. The third-order valence-corrected chi connectivity index (χ3v) is 5.49. The Hall–Kier alpha value is -1.15. The largest absolute Gasteiger partial charge is 0.494 e. The van der Waals surface area contributed by atoms with E-state index >= 15 is 0 Å². The number of likely N-dealkylation sites (tertiary alicyclic amines) is 1. The number of hydrogen-bond donors (Lipinski definition) is 1. The van der Waals surface area contributed by atoms with E-state index in [0.717, 1.165) is 12.8 Å². The van der Waals surface area contributed by atoms with Crippen LogP contribution in [-0.2, 0) is 9.31 Å². The van der Waals surface area contributed by atoms with Crippen LogP contribution in [0.4, 0.5) is 4.39 Å². The van der Waals surface area contributed by atoms with Crippen molar-refractivity contribution in [3.63, 3.8) is 0 Å². The maximum atomic E-state index is 14.6. The van der Waals surface area contributed by atoms with E-state index in [0.29, 0.717) is 18.6 Å². The molecule has 26 heavy (non-hydrogen) atoms. The van der Waals surface area contributed by atoms with Crippen LogP contribution in [0.5, 0.6) is 0 Å². The van der Waals surface area contributed by atoms with Crippen LogP contribution in [0.3, 0.4) is 0 Å². The summed E-state index contributed by atoms with van der Waals surface area (Å²) in [5.74, 6) is -0.871. The van der Waals surface area contributed by atoms with Gasteiger partial charge in [0.25, 0.3) is 5.91 Å². The maximum absolute atomic E-state index is 14.6. The van der Waals surface area contributed by atoms with Crippen LogP contribution in [0.1, 0.15) is 50.9 Å². The van der Waals surface area contributed by atoms with E-state index in [1.165, 1.54) is 12.1 Å². The zero-order valence-electron chi connectivity index (χ0n) is 15.8. The van der Waals surface area contributed by atoms with Gasteiger partial charge in [-0.3, -0.25) is 4.79 Å². The molecule has 1 amide bonds. The first-order chi connectivity index (χ1) is 11.6. The van der Waals surface area contributed by atoms with E-state index in [2.05, 4.69) is 0 Å². The predicted molar refractivity (Wildman–Crippen MR) is 102 cm³/mol. The molecule has 0 aliphatic carbocycles. The van der Waals surface area contributed by atoms with Gasteiger partial charge in [0.05, 0.1) is 16.8 Å². The van der Waals surface area contributed by atoms with E-state index in [4.69, 9.17) is 15.0 Å². The summed E-state index contributed by atoms with van der Waals surface area (Å²) in [6.07, 6.45) is 1.74. The smallest absolute Gasteiger partial charge is 0.399 e. The van der Waals surface area contributed by atoms with Gasteiger partial charge in [-0.1, -0.05) is 6.07 Å². The van der Waals surface area contributed by atoms with Crippen molar-refractivity contribution in [1.82, 2.24) is 4.90 Å². The summed E-state index contributed by atoms with van der Waals surface area (Å²) in [5, 5.41) is 0. The van der Waals surface area contributed by atoms with Crippen molar-refractivity contribution >= 4 is 30.9 Å². The molecule has 0 bridgehead atoms. The van der Waals surface area contributed by atoms with Gasteiger partial charge in [-0.05, 0) is 58.1 Å². The SMILES string of the molecule is CC1(C)OB(c2ccc(C(=O)N3CCCC(N)C3)c(F)c2)OC1(C)C.Cl. The number of nitrogens with two attached hydrogens (primary N) is 1. The first kappa shape index (κ1) is 21.2. The monoisotopic (exact) mass is 384 g/mol. The lowest BCUT2D eigenvalue weighted by Crippen LogP contribution is -2.46. The van der Waals surface area contributed by atoms with Gasteiger partial charge in [0.1, 0.15) is 5.82 Å². The fourth-order valence-corrected chi connectivity index (χ4v) is 3.20. The molecule has 2 aliphatic heterocycles. The van der Waals surface area contributed by atoms with Crippen molar-refractivity contribution in [3.05, 3.63) is 29.6 Å². The number of hydrogen-bond acceptors (Lipinski definition) is 4. The van der Waals surface area contributed by atoms with Gasteiger partial charge < -0.3 is 19.9 Å². The second kappa shape index (κ2) is 7.47. The van der Waals surface area contributed by atoms with Crippen molar-refractivity contribution in [2.45, 2.75) is 57.8 Å². The van der Waals surface area contributed by atoms with Gasteiger partial charge in [-0.15, -0.1) is 12.4 Å². The van der Waals surface area contributed by atoms with Gasteiger partial charge in [0.2, 0.25) is 0 Å². The Kier molecular flexibility index (Phi) is 6.08. The third kappa shape index (κ3) is 3.91. The van der Waals surface area contributed by atoms with Gasteiger partial charge in [-0.2, -0.15) is 0 Å². The van der Waals surface area contributed by atoms with Gasteiger partial charge in [0.15, 0.2) is 0 Å². The van der Waals surface area contributed by atoms with Crippen LogP contribution in [0, 0.1) is 5.82 Å². The molecule has 0 radical (unpaired) electrons. The lowest BCUT2D eigenvalue weighted by molar-refractivity contribution is 0.00578. The highest BCUT2D eigenvalue weighted by molar-refractivity contribution is 6.62. The Morgan fingerprint density at radius 3 is 2.42 bits per heavy atom. The van der Waals surface area contributed by atoms with Crippen molar-refractivity contribution in [1.29, 1.82) is 0 Å². The van der Waals surface area contributed by atoms with E-state index in [1.54, 1.807) is 11.0 Å². The lowest BCUT2D eigenvalue weighted by atomic mass is 9.78. The molecular formula is C18H27BClFN2O3. The average Bonchev–Trinajstić information content (AvgIpc) is 2.75. The number of carbonyl (C=O) groups is 1. The van der Waals surface area contributed by atoms with Crippen LogP contribution in [-0.4, -0.2) is 48.3 Å². The van der Waals surface area contributed by atoms with Gasteiger partial charge in [-0.25, -0.2) is 4.39 Å². The van der Waals surface area contributed by atoms with Crippen molar-refractivity contribution in [2.75, 3.05) is 13.1 Å². The summed E-state index contributed by atoms with van der Waals surface area (Å²) in [5.41, 5.74) is 5.57. The average molecular weight is 385 g/mol. The molecule has 2 saturated heterocycles. The van der Waals surface area contributed by atoms with Gasteiger partial charge in [0, 0.05) is 19.1 Å². The summed E-state index contributed by atoms with van der Waals surface area (Å²) in [4.78, 5) is 14.2. The minimum Gasteiger partial charge on any atom is -0.399 e. The Labute approximate surface area is 160 Å². The number of benzene rings is 1. The van der Waals surface area contributed by atoms with Crippen LogP contribution in [0.25, 0.3) is 0 Å². The lowest BCUT2D eigenvalue weighted by Gasteiger charge is -2.32. The molecule has 2 aliphatic rings. The molecule has 0 aromatic heterocycles. The molecule has 1 aromatic carbocycles. The number of amides is 1. The molecule has 0 saturated carbocycles. The number of nitrogens with zero attached hydrogens (tertiary/aromatic N) is 1. The summed E-state index contributed by atoms with van der Waals surface area (Å²) in [6, 6.07) is 4.50. The minimum absolute atomic E-state index is 0. The standard InChI is InChI=1S/C18H26BFN2O3.ClH/c1-17(2)18(3,4)25-19(24-17)12-7-8-14(15(20)10-12)16(23)22-9-5-6-13(21)11-22;/h7-8,10,13H,5-6,9,11,21H2,1-4H3;1H. The van der Waals surface area contributed by atoms with Crippen LogP contribution in [0.15, 0.2) is 18.2 Å². The fourth-order valence-electron chi connectivity index (χ4n) is 3.20. The first-order valence-electron chi connectivity index (χ1n) is 8.81. The fraction of sp³-hybridized carbons (Fsp3) is 0.611. The topological polar surface area (TPSA) is 64.8 Å². The molecule has 2 heterocycles. The third-order valence-electron chi connectivity index (χ3n) is 5.49. The second-order valence-electron chi connectivity index (χ2n) is 7.98. The molecule has 1 atom stereocenters. The Morgan fingerprint density at radius 2 is 1.88 bits per heavy atom.